The van der Waals surface area contributed by atoms with E-state index in [0.29, 0.717) is 23.2 Å². The van der Waals surface area contributed by atoms with Gasteiger partial charge in [0, 0.05) is 25.6 Å². The van der Waals surface area contributed by atoms with E-state index in [4.69, 9.17) is 4.52 Å². The first-order valence-corrected chi connectivity index (χ1v) is 6.65. The molecule has 3 heterocycles. The van der Waals surface area contributed by atoms with E-state index in [1.165, 1.54) is 0 Å². The maximum absolute atomic E-state index is 5.20. The molecule has 0 aliphatic rings. The normalized spacial score (nSPS) is 10.8. The van der Waals surface area contributed by atoms with Crippen LogP contribution in [0.1, 0.15) is 5.89 Å². The summed E-state index contributed by atoms with van der Waals surface area (Å²) in [4.78, 5) is 12.7. The van der Waals surface area contributed by atoms with Crippen molar-refractivity contribution < 1.29 is 4.52 Å². The molecule has 0 aromatic carbocycles. The minimum Gasteiger partial charge on any atom is -0.338 e. The highest BCUT2D eigenvalue weighted by atomic mass is 32.2. The van der Waals surface area contributed by atoms with E-state index in [0.717, 1.165) is 5.16 Å². The van der Waals surface area contributed by atoms with E-state index < -0.39 is 0 Å². The highest BCUT2D eigenvalue weighted by Gasteiger charge is 2.10. The monoisotopic (exact) mass is 273 g/mol. The lowest BCUT2D eigenvalue weighted by atomic mass is 10.3. The van der Waals surface area contributed by atoms with E-state index in [2.05, 4.69) is 20.1 Å². The minimum atomic E-state index is 0.510. The van der Waals surface area contributed by atoms with Crippen molar-refractivity contribution in [1.29, 1.82) is 0 Å². The second-order valence-electron chi connectivity index (χ2n) is 3.84. The first-order chi connectivity index (χ1) is 9.33. The lowest BCUT2D eigenvalue weighted by Crippen LogP contribution is -1.90. The van der Waals surface area contributed by atoms with E-state index in [9.17, 15) is 0 Å². The van der Waals surface area contributed by atoms with Crippen LogP contribution in [0.4, 0.5) is 0 Å². The van der Waals surface area contributed by atoms with Gasteiger partial charge in [-0.3, -0.25) is 4.98 Å². The second kappa shape index (κ2) is 5.23. The summed E-state index contributed by atoms with van der Waals surface area (Å²) < 4.78 is 7.14. The van der Waals surface area contributed by atoms with Crippen LogP contribution in [0.3, 0.4) is 0 Å². The Morgan fingerprint density at radius 1 is 1.26 bits per heavy atom. The predicted molar refractivity (Wildman–Crippen MR) is 70.3 cm³/mol. The summed E-state index contributed by atoms with van der Waals surface area (Å²) in [5.41, 5.74) is 0.708. The fourth-order valence-electron chi connectivity index (χ4n) is 1.53. The number of hydrogen-bond acceptors (Lipinski definition) is 6. The van der Waals surface area contributed by atoms with Gasteiger partial charge in [-0.05, 0) is 12.1 Å². The van der Waals surface area contributed by atoms with Crippen LogP contribution in [0.5, 0.6) is 0 Å². The Labute approximate surface area is 113 Å². The number of thioether (sulfide) groups is 1. The quantitative estimate of drug-likeness (QED) is 0.678. The summed E-state index contributed by atoms with van der Waals surface area (Å²) in [6.07, 6.45) is 5.36. The zero-order valence-corrected chi connectivity index (χ0v) is 11.0. The fraction of sp³-hybridized carbons (Fsp3) is 0.167. The Morgan fingerprint density at radius 3 is 2.95 bits per heavy atom. The number of rotatable bonds is 4. The molecule has 0 saturated heterocycles. The van der Waals surface area contributed by atoms with Gasteiger partial charge < -0.3 is 9.09 Å². The van der Waals surface area contributed by atoms with Crippen LogP contribution in [-0.2, 0) is 12.8 Å². The smallest absolute Gasteiger partial charge is 0.237 e. The molecule has 6 nitrogen and oxygen atoms in total. The number of aryl methyl sites for hydroxylation is 1. The Balaban J connectivity index is 1.70. The average Bonchev–Trinajstić information content (AvgIpc) is 3.06. The summed E-state index contributed by atoms with van der Waals surface area (Å²) in [7, 11) is 1.95. The molecule has 96 valence electrons. The third-order valence-electron chi connectivity index (χ3n) is 2.46. The van der Waals surface area contributed by atoms with Gasteiger partial charge in [-0.2, -0.15) is 4.98 Å². The number of imidazole rings is 1. The molecule has 0 aliphatic heterocycles. The van der Waals surface area contributed by atoms with E-state index in [-0.39, 0.29) is 0 Å². The Bertz CT molecular complexity index is 664. The standard InChI is InChI=1S/C12H11N5OS/c1-17-7-6-14-12(17)19-8-10-15-11(16-18-10)9-4-2-3-5-13-9/h2-7H,8H2,1H3. The molecule has 7 heteroatoms. The van der Waals surface area contributed by atoms with Crippen LogP contribution in [0, 0.1) is 0 Å². The van der Waals surface area contributed by atoms with Crippen molar-refractivity contribution in [3.05, 3.63) is 42.7 Å². The van der Waals surface area contributed by atoms with Crippen LogP contribution in [0.25, 0.3) is 11.5 Å². The van der Waals surface area contributed by atoms with Crippen LogP contribution in [0.15, 0.2) is 46.5 Å². The van der Waals surface area contributed by atoms with Gasteiger partial charge >= 0.3 is 0 Å². The number of nitrogens with zero attached hydrogens (tertiary/aromatic N) is 5. The zero-order chi connectivity index (χ0) is 13.1. The van der Waals surface area contributed by atoms with E-state index in [1.54, 1.807) is 24.2 Å². The van der Waals surface area contributed by atoms with Crippen LogP contribution in [0.2, 0.25) is 0 Å². The second-order valence-corrected chi connectivity index (χ2v) is 4.78. The van der Waals surface area contributed by atoms with Crippen molar-refractivity contribution in [2.45, 2.75) is 10.9 Å². The SMILES string of the molecule is Cn1ccnc1SCc1nc(-c2ccccn2)no1. The van der Waals surface area contributed by atoms with Gasteiger partial charge in [0.25, 0.3) is 0 Å². The fourth-order valence-corrected chi connectivity index (χ4v) is 2.30. The van der Waals surface area contributed by atoms with Gasteiger partial charge in [-0.1, -0.05) is 23.0 Å². The predicted octanol–water partition coefficient (Wildman–Crippen LogP) is 2.16. The molecule has 0 radical (unpaired) electrons. The van der Waals surface area contributed by atoms with Crippen molar-refractivity contribution >= 4 is 11.8 Å². The molecule has 0 atom stereocenters. The molecule has 0 amide bonds. The number of aromatic nitrogens is 5. The molecule has 0 spiro atoms. The van der Waals surface area contributed by atoms with E-state index in [1.807, 2.05) is 36.0 Å². The molecule has 0 unspecified atom stereocenters. The van der Waals surface area contributed by atoms with E-state index >= 15 is 0 Å². The van der Waals surface area contributed by atoms with Gasteiger partial charge in [-0.15, -0.1) is 0 Å². The molecule has 0 fully saturated rings. The van der Waals surface area contributed by atoms with Crippen molar-refractivity contribution in [3.8, 4) is 11.5 Å². The summed E-state index contributed by atoms with van der Waals surface area (Å²) in [6, 6.07) is 5.59. The van der Waals surface area contributed by atoms with Crippen LogP contribution >= 0.6 is 11.8 Å². The first kappa shape index (κ1) is 11.9. The molecule has 3 aromatic rings. The minimum absolute atomic E-state index is 0.510. The molecule has 0 N–H and O–H groups in total. The van der Waals surface area contributed by atoms with Gasteiger partial charge in [0.2, 0.25) is 11.7 Å². The average molecular weight is 273 g/mol. The lowest BCUT2D eigenvalue weighted by molar-refractivity contribution is 0.391. The van der Waals surface area contributed by atoms with Crippen LogP contribution < -0.4 is 0 Å². The molecule has 0 bridgehead atoms. The summed E-state index contributed by atoms with van der Waals surface area (Å²) in [5.74, 6) is 1.66. The van der Waals surface area contributed by atoms with Gasteiger partial charge in [0.05, 0.1) is 5.75 Å². The number of pyridine rings is 1. The third kappa shape index (κ3) is 2.65. The van der Waals surface area contributed by atoms with Crippen molar-refractivity contribution in [2.24, 2.45) is 7.05 Å². The largest absolute Gasteiger partial charge is 0.338 e. The molecule has 3 rings (SSSR count). The summed E-state index contributed by atoms with van der Waals surface area (Å²) in [5, 5.41) is 4.83. The maximum Gasteiger partial charge on any atom is 0.237 e. The van der Waals surface area contributed by atoms with Crippen molar-refractivity contribution in [3.63, 3.8) is 0 Å². The van der Waals surface area contributed by atoms with Crippen molar-refractivity contribution in [1.82, 2.24) is 24.7 Å². The summed E-state index contributed by atoms with van der Waals surface area (Å²) >= 11 is 1.55. The molecule has 0 aliphatic carbocycles. The highest BCUT2D eigenvalue weighted by Crippen LogP contribution is 2.21. The van der Waals surface area contributed by atoms with Gasteiger partial charge in [0.1, 0.15) is 5.69 Å². The zero-order valence-electron chi connectivity index (χ0n) is 10.2. The molecular weight excluding hydrogens is 262 g/mol. The summed E-state index contributed by atoms with van der Waals surface area (Å²) in [6.45, 7) is 0. The Kier molecular flexibility index (Phi) is 3.28. The lowest BCUT2D eigenvalue weighted by Gasteiger charge is -1.97. The first-order valence-electron chi connectivity index (χ1n) is 5.67. The van der Waals surface area contributed by atoms with Gasteiger partial charge in [-0.25, -0.2) is 4.98 Å². The molecule has 3 aromatic heterocycles. The van der Waals surface area contributed by atoms with Crippen molar-refractivity contribution in [2.75, 3.05) is 0 Å². The Morgan fingerprint density at radius 2 is 2.21 bits per heavy atom. The Hall–Kier alpha value is -2.15. The van der Waals surface area contributed by atoms with Gasteiger partial charge in [0.15, 0.2) is 5.16 Å². The molecular formula is C12H11N5OS. The topological polar surface area (TPSA) is 69.6 Å². The highest BCUT2D eigenvalue weighted by molar-refractivity contribution is 7.98. The maximum atomic E-state index is 5.20. The number of hydrogen-bond donors (Lipinski definition) is 0. The third-order valence-corrected chi connectivity index (χ3v) is 3.51. The molecule has 19 heavy (non-hydrogen) atoms. The molecule has 0 saturated carbocycles. The van der Waals surface area contributed by atoms with Crippen LogP contribution in [-0.4, -0.2) is 24.7 Å².